The highest BCUT2D eigenvalue weighted by Crippen LogP contribution is 2.49. The number of hydrogen-bond donors (Lipinski definition) is 0. The van der Waals surface area contributed by atoms with Crippen molar-refractivity contribution in [1.29, 1.82) is 0 Å². The number of hydrogen-bond acceptors (Lipinski definition) is 1. The van der Waals surface area contributed by atoms with Crippen LogP contribution in [0.3, 0.4) is 0 Å². The molecule has 0 spiro atoms. The van der Waals surface area contributed by atoms with Crippen LogP contribution in [0.2, 0.25) is 0 Å². The number of fused-ring (bicyclic) bond motifs is 7. The van der Waals surface area contributed by atoms with Crippen LogP contribution in [0.15, 0.2) is 199 Å². The number of furan rings is 1. The summed E-state index contributed by atoms with van der Waals surface area (Å²) in [6.45, 7) is 0. The van der Waals surface area contributed by atoms with Crippen molar-refractivity contribution in [2.45, 2.75) is 0 Å². The Hall–Kier alpha value is -6.96. The number of rotatable bonds is 4. The van der Waals surface area contributed by atoms with Crippen molar-refractivity contribution in [3.05, 3.63) is 194 Å². The molecule has 0 fully saturated rings. The smallest absolute Gasteiger partial charge is 0.135 e. The van der Waals surface area contributed by atoms with Crippen molar-refractivity contribution in [2.75, 3.05) is 0 Å². The first kappa shape index (κ1) is 29.7. The van der Waals surface area contributed by atoms with Gasteiger partial charge in [-0.2, -0.15) is 0 Å². The van der Waals surface area contributed by atoms with Gasteiger partial charge in [0.25, 0.3) is 0 Å². The van der Waals surface area contributed by atoms with Crippen LogP contribution in [0.4, 0.5) is 0 Å². The first-order valence-electron chi connectivity index (χ1n) is 18.3. The SMILES string of the molecule is c1cc(-c2ccc3ccccc3c2)cc(-c2c3ccccc3c(-c3cccc4ccccc34)c3cccc(-c4ccc5oc6ccccc6c5c4)c23)c1. The van der Waals surface area contributed by atoms with Crippen LogP contribution < -0.4 is 0 Å². The Morgan fingerprint density at radius 2 is 0.849 bits per heavy atom. The Bertz CT molecular complexity index is 3230. The molecule has 1 heterocycles. The Morgan fingerprint density at radius 3 is 1.74 bits per heavy atom. The van der Waals surface area contributed by atoms with E-state index in [1.165, 1.54) is 87.6 Å². The first-order chi connectivity index (χ1) is 26.3. The molecule has 0 saturated heterocycles. The largest absolute Gasteiger partial charge is 0.456 e. The van der Waals surface area contributed by atoms with E-state index in [-0.39, 0.29) is 0 Å². The zero-order valence-electron chi connectivity index (χ0n) is 28.9. The molecule has 0 aliphatic rings. The topological polar surface area (TPSA) is 13.1 Å². The highest BCUT2D eigenvalue weighted by Gasteiger charge is 2.21. The van der Waals surface area contributed by atoms with Crippen LogP contribution in [0, 0.1) is 0 Å². The summed E-state index contributed by atoms with van der Waals surface area (Å²) in [4.78, 5) is 0. The second-order valence-electron chi connectivity index (χ2n) is 14.0. The second-order valence-corrected chi connectivity index (χ2v) is 14.0. The zero-order valence-corrected chi connectivity index (χ0v) is 28.9. The van der Waals surface area contributed by atoms with Crippen LogP contribution in [-0.2, 0) is 0 Å². The van der Waals surface area contributed by atoms with Gasteiger partial charge in [0.05, 0.1) is 0 Å². The molecule has 0 bridgehead atoms. The predicted molar refractivity (Wildman–Crippen MR) is 225 cm³/mol. The minimum atomic E-state index is 0.903. The summed E-state index contributed by atoms with van der Waals surface area (Å²) in [7, 11) is 0. The maximum atomic E-state index is 6.28. The monoisotopic (exact) mass is 672 g/mol. The van der Waals surface area contributed by atoms with E-state index in [0.717, 1.165) is 21.9 Å². The summed E-state index contributed by atoms with van der Waals surface area (Å²) in [5.41, 5.74) is 11.5. The summed E-state index contributed by atoms with van der Waals surface area (Å²) < 4.78 is 6.28. The van der Waals surface area contributed by atoms with Gasteiger partial charge in [-0.25, -0.2) is 0 Å². The molecule has 10 aromatic carbocycles. The van der Waals surface area contributed by atoms with E-state index in [1.807, 2.05) is 6.07 Å². The van der Waals surface area contributed by atoms with Crippen molar-refractivity contribution >= 4 is 65.0 Å². The lowest BCUT2D eigenvalue weighted by Gasteiger charge is -2.21. The Kier molecular flexibility index (Phi) is 6.62. The summed E-state index contributed by atoms with van der Waals surface area (Å²) >= 11 is 0. The van der Waals surface area contributed by atoms with E-state index < -0.39 is 0 Å². The Balaban J connectivity index is 1.26. The quantitative estimate of drug-likeness (QED) is 0.170. The minimum Gasteiger partial charge on any atom is -0.456 e. The molecular formula is C52H32O. The van der Waals surface area contributed by atoms with E-state index in [2.05, 4.69) is 188 Å². The summed E-state index contributed by atoms with van der Waals surface area (Å²) in [5, 5.41) is 12.2. The fraction of sp³-hybridized carbons (Fsp3) is 0. The molecule has 1 aromatic heterocycles. The number of benzene rings is 10. The van der Waals surface area contributed by atoms with Gasteiger partial charge in [0.15, 0.2) is 0 Å². The van der Waals surface area contributed by atoms with Crippen molar-refractivity contribution in [3.8, 4) is 44.5 Å². The molecular weight excluding hydrogens is 641 g/mol. The molecule has 1 heteroatoms. The van der Waals surface area contributed by atoms with Gasteiger partial charge in [-0.15, -0.1) is 0 Å². The summed E-state index contributed by atoms with van der Waals surface area (Å²) in [6, 6.07) is 70.8. The van der Waals surface area contributed by atoms with Gasteiger partial charge in [-0.05, 0) is 118 Å². The predicted octanol–water partition coefficient (Wildman–Crippen LogP) is 14.9. The van der Waals surface area contributed by atoms with E-state index in [9.17, 15) is 0 Å². The molecule has 0 unspecified atom stereocenters. The van der Waals surface area contributed by atoms with Crippen molar-refractivity contribution in [1.82, 2.24) is 0 Å². The molecule has 53 heavy (non-hydrogen) atoms. The summed E-state index contributed by atoms with van der Waals surface area (Å²) in [5.74, 6) is 0. The van der Waals surface area contributed by atoms with Crippen molar-refractivity contribution in [2.24, 2.45) is 0 Å². The highest BCUT2D eigenvalue weighted by atomic mass is 16.3. The zero-order chi connectivity index (χ0) is 34.9. The van der Waals surface area contributed by atoms with Gasteiger partial charge >= 0.3 is 0 Å². The van der Waals surface area contributed by atoms with E-state index in [1.54, 1.807) is 0 Å². The second kappa shape index (κ2) is 11.8. The third-order valence-corrected chi connectivity index (χ3v) is 11.0. The minimum absolute atomic E-state index is 0.903. The third-order valence-electron chi connectivity index (χ3n) is 11.0. The lowest BCUT2D eigenvalue weighted by molar-refractivity contribution is 0.669. The molecule has 11 rings (SSSR count). The van der Waals surface area contributed by atoms with Gasteiger partial charge in [-0.3, -0.25) is 0 Å². The van der Waals surface area contributed by atoms with Gasteiger partial charge in [-0.1, -0.05) is 164 Å². The van der Waals surface area contributed by atoms with Crippen molar-refractivity contribution < 1.29 is 4.42 Å². The van der Waals surface area contributed by atoms with Gasteiger partial charge in [0.2, 0.25) is 0 Å². The molecule has 0 N–H and O–H groups in total. The van der Waals surface area contributed by atoms with E-state index in [0.29, 0.717) is 0 Å². The molecule has 246 valence electrons. The molecule has 11 aromatic rings. The van der Waals surface area contributed by atoms with Crippen LogP contribution >= 0.6 is 0 Å². The van der Waals surface area contributed by atoms with E-state index in [4.69, 9.17) is 4.42 Å². The normalized spacial score (nSPS) is 11.8. The molecule has 0 aliphatic heterocycles. The molecule has 0 atom stereocenters. The lowest BCUT2D eigenvalue weighted by Crippen LogP contribution is -1.94. The van der Waals surface area contributed by atoms with Crippen LogP contribution in [-0.4, -0.2) is 0 Å². The fourth-order valence-corrected chi connectivity index (χ4v) is 8.62. The highest BCUT2D eigenvalue weighted by molar-refractivity contribution is 6.26. The van der Waals surface area contributed by atoms with Crippen LogP contribution in [0.1, 0.15) is 0 Å². The van der Waals surface area contributed by atoms with Gasteiger partial charge in [0, 0.05) is 10.8 Å². The average Bonchev–Trinajstić information content (AvgIpc) is 3.60. The fourth-order valence-electron chi connectivity index (χ4n) is 8.62. The molecule has 0 radical (unpaired) electrons. The summed E-state index contributed by atoms with van der Waals surface area (Å²) in [6.07, 6.45) is 0. The molecule has 1 nitrogen and oxygen atoms in total. The van der Waals surface area contributed by atoms with E-state index >= 15 is 0 Å². The first-order valence-corrected chi connectivity index (χ1v) is 18.3. The average molecular weight is 673 g/mol. The van der Waals surface area contributed by atoms with Crippen LogP contribution in [0.5, 0.6) is 0 Å². The third kappa shape index (κ3) is 4.71. The molecule has 0 saturated carbocycles. The van der Waals surface area contributed by atoms with Gasteiger partial charge in [0.1, 0.15) is 11.2 Å². The standard InChI is InChI=1S/C52H32O/c1-2-14-35-30-37(27-26-33(35)12-1)36-16-9-17-39(31-36)50-44-20-5-6-21-45(44)51(43-23-10-15-34-13-3-4-18-40(34)43)46-24-11-22-41(52(46)50)38-28-29-49-47(32-38)42-19-7-8-25-48(42)53-49/h1-32H. The van der Waals surface area contributed by atoms with Crippen molar-refractivity contribution in [3.63, 3.8) is 0 Å². The lowest BCUT2D eigenvalue weighted by atomic mass is 9.81. The van der Waals surface area contributed by atoms with Crippen LogP contribution in [0.25, 0.3) is 110 Å². The number of para-hydroxylation sites is 1. The van der Waals surface area contributed by atoms with Gasteiger partial charge < -0.3 is 4.42 Å². The molecule has 0 aliphatic carbocycles. The maximum absolute atomic E-state index is 6.28. The molecule has 0 amide bonds. The maximum Gasteiger partial charge on any atom is 0.135 e. The Labute approximate surface area is 307 Å². The Morgan fingerprint density at radius 1 is 0.264 bits per heavy atom.